The summed E-state index contributed by atoms with van der Waals surface area (Å²) in [5.41, 5.74) is -4.21. The van der Waals surface area contributed by atoms with Gasteiger partial charge in [0, 0.05) is 18.2 Å². The summed E-state index contributed by atoms with van der Waals surface area (Å²) in [6.45, 7) is -1.27. The van der Waals surface area contributed by atoms with Crippen LogP contribution in [0.3, 0.4) is 0 Å². The first-order valence-electron chi connectivity index (χ1n) is 8.87. The highest BCUT2D eigenvalue weighted by Crippen LogP contribution is 2.33. The van der Waals surface area contributed by atoms with E-state index in [4.69, 9.17) is 0 Å². The van der Waals surface area contributed by atoms with Crippen molar-refractivity contribution >= 4 is 28.9 Å². The van der Waals surface area contributed by atoms with Gasteiger partial charge in [0.2, 0.25) is 0 Å². The van der Waals surface area contributed by atoms with E-state index in [0.29, 0.717) is 11.9 Å². The predicted octanol–water partition coefficient (Wildman–Crippen LogP) is 4.47. The Balaban J connectivity index is 1.81. The lowest BCUT2D eigenvalue weighted by atomic mass is 9.99. The van der Waals surface area contributed by atoms with Crippen LogP contribution in [0.4, 0.5) is 33.3 Å². The van der Waals surface area contributed by atoms with Gasteiger partial charge in [-0.25, -0.2) is 13.2 Å². The molecule has 11 heteroatoms. The zero-order valence-electron chi connectivity index (χ0n) is 16.2. The van der Waals surface area contributed by atoms with Gasteiger partial charge in [0.25, 0.3) is 11.8 Å². The molecular weight excluding hydrogens is 425 g/mol. The lowest BCUT2D eigenvalue weighted by Gasteiger charge is -2.20. The first-order valence-corrected chi connectivity index (χ1v) is 8.87. The fourth-order valence-corrected chi connectivity index (χ4v) is 2.86. The normalized spacial score (nSPS) is 18.9. The Labute approximate surface area is 173 Å². The monoisotopic (exact) mass is 441 g/mol. The molecule has 0 bridgehead atoms. The average Bonchev–Trinajstić information content (AvgIpc) is 2.93. The van der Waals surface area contributed by atoms with Crippen molar-refractivity contribution in [2.24, 2.45) is 5.10 Å². The molecule has 164 valence electrons. The van der Waals surface area contributed by atoms with Gasteiger partial charge < -0.3 is 10.1 Å². The fourth-order valence-electron chi connectivity index (χ4n) is 2.86. The van der Waals surface area contributed by atoms with Gasteiger partial charge in [-0.3, -0.25) is 9.59 Å². The number of benzene rings is 2. The van der Waals surface area contributed by atoms with E-state index in [1.54, 1.807) is 0 Å². The summed E-state index contributed by atoms with van der Waals surface area (Å²) in [5.74, 6) is -6.13. The Morgan fingerprint density at radius 1 is 1.19 bits per heavy atom. The molecule has 0 saturated heterocycles. The van der Waals surface area contributed by atoms with E-state index in [-0.39, 0.29) is 17.1 Å². The van der Waals surface area contributed by atoms with Crippen molar-refractivity contribution in [3.63, 3.8) is 0 Å². The molecule has 31 heavy (non-hydrogen) atoms. The number of rotatable bonds is 6. The predicted molar refractivity (Wildman–Crippen MR) is 102 cm³/mol. The third kappa shape index (κ3) is 4.35. The van der Waals surface area contributed by atoms with Crippen LogP contribution in [-0.2, 0) is 15.5 Å². The molecule has 0 fully saturated rings. The van der Waals surface area contributed by atoms with Gasteiger partial charge in [0.15, 0.2) is 0 Å². The number of halogens is 5. The van der Waals surface area contributed by atoms with E-state index in [9.17, 15) is 27.2 Å². The smallest absolute Gasteiger partial charge is 0.387 e. The number of anilines is 2. The van der Waals surface area contributed by atoms with Crippen LogP contribution in [0.15, 0.2) is 53.6 Å². The third-order valence-corrected chi connectivity index (χ3v) is 4.48. The van der Waals surface area contributed by atoms with Crippen molar-refractivity contribution in [2.45, 2.75) is 32.1 Å². The minimum absolute atomic E-state index is 0.00548. The minimum Gasteiger partial charge on any atom is -0.435 e. The number of alkyl halides is 5. The molecule has 1 aliphatic heterocycles. The highest BCUT2D eigenvalue weighted by atomic mass is 19.3. The molecule has 0 saturated carbocycles. The quantitative estimate of drug-likeness (QED) is 0.531. The number of hydrazone groups is 1. The van der Waals surface area contributed by atoms with Crippen LogP contribution in [0, 0.1) is 0 Å². The second-order valence-electron chi connectivity index (χ2n) is 6.76. The molecule has 0 aromatic heterocycles. The fraction of sp³-hybridized carbons (Fsp3) is 0.250. The van der Waals surface area contributed by atoms with Gasteiger partial charge in [-0.2, -0.15) is 18.9 Å². The lowest BCUT2D eigenvalue weighted by molar-refractivity contribution is -0.135. The molecule has 2 aromatic carbocycles. The summed E-state index contributed by atoms with van der Waals surface area (Å²) in [4.78, 5) is 25.2. The van der Waals surface area contributed by atoms with Crippen LogP contribution < -0.4 is 15.1 Å². The number of carbonyl (C=O) groups is 2. The molecule has 0 spiro atoms. The first kappa shape index (κ1) is 22.2. The second kappa shape index (κ2) is 7.97. The number of amides is 2. The second-order valence-corrected chi connectivity index (χ2v) is 6.76. The molecule has 2 amide bonds. The van der Waals surface area contributed by atoms with Crippen LogP contribution in [-0.4, -0.2) is 29.8 Å². The molecule has 1 unspecified atom stereocenters. The van der Waals surface area contributed by atoms with Crippen molar-refractivity contribution in [1.29, 1.82) is 0 Å². The molecule has 0 aliphatic carbocycles. The Morgan fingerprint density at radius 2 is 1.84 bits per heavy atom. The molecule has 1 atom stereocenters. The Morgan fingerprint density at radius 3 is 2.42 bits per heavy atom. The van der Waals surface area contributed by atoms with Crippen LogP contribution in [0.5, 0.6) is 5.75 Å². The zero-order valence-corrected chi connectivity index (χ0v) is 16.2. The van der Waals surface area contributed by atoms with Crippen molar-refractivity contribution in [3.05, 3.63) is 54.1 Å². The molecule has 2 aromatic rings. The van der Waals surface area contributed by atoms with E-state index < -0.39 is 41.3 Å². The highest BCUT2D eigenvalue weighted by molar-refractivity contribution is 6.36. The molecule has 0 radical (unpaired) electrons. The molecule has 3 rings (SSSR count). The summed E-state index contributed by atoms with van der Waals surface area (Å²) in [6.07, 6.45) is 0. The van der Waals surface area contributed by atoms with Gasteiger partial charge in [-0.15, -0.1) is 0 Å². The summed E-state index contributed by atoms with van der Waals surface area (Å²) < 4.78 is 71.2. The number of ether oxygens (including phenoxy) is 1. The van der Waals surface area contributed by atoms with Gasteiger partial charge in [-0.05, 0) is 43.3 Å². The average molecular weight is 441 g/mol. The molecule has 6 nitrogen and oxygen atoms in total. The Hall–Kier alpha value is -3.50. The minimum atomic E-state index is -3.19. The summed E-state index contributed by atoms with van der Waals surface area (Å²) >= 11 is 0. The summed E-state index contributed by atoms with van der Waals surface area (Å²) in [6, 6.07) is 9.22. The number of nitrogens with zero attached hydrogens (tertiary/aromatic N) is 2. The first-order chi connectivity index (χ1) is 14.4. The van der Waals surface area contributed by atoms with E-state index in [1.165, 1.54) is 24.3 Å². The number of hydrogen-bond acceptors (Lipinski definition) is 4. The van der Waals surface area contributed by atoms with E-state index in [2.05, 4.69) is 15.2 Å². The largest absolute Gasteiger partial charge is 0.435 e. The van der Waals surface area contributed by atoms with E-state index in [0.717, 1.165) is 31.2 Å². The number of nitrogens with one attached hydrogen (secondary N) is 1. The highest BCUT2D eigenvalue weighted by Gasteiger charge is 2.57. The van der Waals surface area contributed by atoms with Crippen LogP contribution >= 0.6 is 0 Å². The van der Waals surface area contributed by atoms with Crippen LogP contribution in [0.2, 0.25) is 0 Å². The van der Waals surface area contributed by atoms with Crippen molar-refractivity contribution in [2.75, 3.05) is 10.3 Å². The standard InChI is InChI=1S/C20H16F5N3O3/c1-11-20(25,16(29)26-13-5-3-4-12(10-13)19(2,23)24)17(30)28(27-11)14-6-8-15(9-7-14)31-18(21)22/h3-10,18H,1-2H3,(H,26,29). The number of hydrogen-bond donors (Lipinski definition) is 1. The topological polar surface area (TPSA) is 71.0 Å². The molecule has 1 N–H and O–H groups in total. The van der Waals surface area contributed by atoms with Crippen LogP contribution in [0.25, 0.3) is 0 Å². The molecule has 1 heterocycles. The molecule has 1 aliphatic rings. The Bertz CT molecular complexity index is 1040. The summed E-state index contributed by atoms with van der Waals surface area (Å²) in [5, 5.41) is 6.49. The Kier molecular flexibility index (Phi) is 5.70. The summed E-state index contributed by atoms with van der Waals surface area (Å²) in [7, 11) is 0. The number of carbonyl (C=O) groups excluding carboxylic acids is 2. The van der Waals surface area contributed by atoms with Crippen molar-refractivity contribution < 1.29 is 36.3 Å². The van der Waals surface area contributed by atoms with E-state index in [1.807, 2.05) is 0 Å². The zero-order chi connectivity index (χ0) is 23.0. The molecular formula is C20H16F5N3O3. The maximum atomic E-state index is 15.5. The maximum absolute atomic E-state index is 15.5. The van der Waals surface area contributed by atoms with Crippen molar-refractivity contribution in [1.82, 2.24) is 0 Å². The van der Waals surface area contributed by atoms with Gasteiger partial charge in [-0.1, -0.05) is 12.1 Å². The maximum Gasteiger partial charge on any atom is 0.387 e. The van der Waals surface area contributed by atoms with Crippen LogP contribution in [0.1, 0.15) is 19.4 Å². The lowest BCUT2D eigenvalue weighted by Crippen LogP contribution is -2.51. The van der Waals surface area contributed by atoms with Gasteiger partial charge in [0.05, 0.1) is 11.4 Å². The van der Waals surface area contributed by atoms with Gasteiger partial charge >= 0.3 is 18.2 Å². The SMILES string of the molecule is CC1=NN(c2ccc(OC(F)F)cc2)C(=O)C1(F)C(=O)Nc1cccc(C(C)(F)F)c1. The van der Waals surface area contributed by atoms with Crippen molar-refractivity contribution in [3.8, 4) is 5.75 Å². The third-order valence-electron chi connectivity index (χ3n) is 4.48. The van der Waals surface area contributed by atoms with E-state index >= 15 is 4.39 Å². The van der Waals surface area contributed by atoms with Gasteiger partial charge in [0.1, 0.15) is 5.75 Å².